The monoisotopic (exact) mass is 421 g/mol. The van der Waals surface area contributed by atoms with Crippen LogP contribution in [0.1, 0.15) is 18.4 Å². The maximum Gasteiger partial charge on any atom is 0.193 e. The molecule has 124 valence electrons. The predicted octanol–water partition coefficient (Wildman–Crippen LogP) is 2.88. The number of ether oxygens (including phenoxy) is 1. The topological polar surface area (TPSA) is 36.9 Å². The second-order valence-corrected chi connectivity index (χ2v) is 5.47. The zero-order valence-corrected chi connectivity index (χ0v) is 15.5. The average molecular weight is 421 g/mol. The van der Waals surface area contributed by atoms with Crippen LogP contribution in [0.5, 0.6) is 0 Å². The summed E-state index contributed by atoms with van der Waals surface area (Å²) in [6, 6.07) is 6.58. The molecule has 1 aliphatic rings. The number of halogens is 2. The lowest BCUT2D eigenvalue weighted by molar-refractivity contribution is 0.115. The third kappa shape index (κ3) is 6.91. The molecule has 0 aromatic heterocycles. The van der Waals surface area contributed by atoms with E-state index in [4.69, 9.17) is 4.74 Å². The Bertz CT molecular complexity index is 480. The van der Waals surface area contributed by atoms with Crippen molar-refractivity contribution in [3.63, 3.8) is 0 Å². The minimum atomic E-state index is -0.217. The lowest BCUT2D eigenvalue weighted by atomic mass is 10.2. The van der Waals surface area contributed by atoms with Crippen LogP contribution in [0, 0.1) is 11.7 Å². The highest BCUT2D eigenvalue weighted by atomic mass is 127. The van der Waals surface area contributed by atoms with Gasteiger partial charge in [-0.15, -0.1) is 24.0 Å². The molecule has 0 unspecified atom stereocenters. The number of rotatable bonds is 7. The first-order valence-electron chi connectivity index (χ1n) is 7.43. The van der Waals surface area contributed by atoms with Crippen LogP contribution < -0.4 is 5.32 Å². The van der Waals surface area contributed by atoms with Crippen molar-refractivity contribution in [3.05, 3.63) is 35.6 Å². The Morgan fingerprint density at radius 1 is 1.45 bits per heavy atom. The second kappa shape index (κ2) is 9.99. The minimum absolute atomic E-state index is 0. The fraction of sp³-hybridized carbons (Fsp3) is 0.562. The first-order valence-corrected chi connectivity index (χ1v) is 7.43. The van der Waals surface area contributed by atoms with E-state index >= 15 is 0 Å². The smallest absolute Gasteiger partial charge is 0.193 e. The Labute approximate surface area is 149 Å². The van der Waals surface area contributed by atoms with Gasteiger partial charge in [-0.05, 0) is 36.5 Å². The molecule has 0 saturated heterocycles. The van der Waals surface area contributed by atoms with E-state index in [1.54, 1.807) is 13.1 Å². The van der Waals surface area contributed by atoms with E-state index in [-0.39, 0.29) is 29.8 Å². The van der Waals surface area contributed by atoms with Crippen molar-refractivity contribution >= 4 is 29.9 Å². The number of likely N-dealkylation sites (N-methyl/N-ethyl adjacent to an activating group) is 1. The molecule has 0 spiro atoms. The van der Waals surface area contributed by atoms with Crippen molar-refractivity contribution in [2.24, 2.45) is 10.9 Å². The van der Waals surface area contributed by atoms with E-state index in [1.165, 1.54) is 25.0 Å². The molecule has 1 aromatic carbocycles. The van der Waals surface area contributed by atoms with Crippen LogP contribution >= 0.6 is 24.0 Å². The van der Waals surface area contributed by atoms with Crippen LogP contribution in [0.15, 0.2) is 29.3 Å². The van der Waals surface area contributed by atoms with E-state index in [0.29, 0.717) is 13.2 Å². The van der Waals surface area contributed by atoms with Gasteiger partial charge < -0.3 is 15.0 Å². The van der Waals surface area contributed by atoms with Crippen LogP contribution in [0.2, 0.25) is 0 Å². The summed E-state index contributed by atoms with van der Waals surface area (Å²) in [5.74, 6) is 1.36. The summed E-state index contributed by atoms with van der Waals surface area (Å²) < 4.78 is 18.8. The van der Waals surface area contributed by atoms with Crippen LogP contribution in [-0.2, 0) is 11.3 Å². The molecule has 0 atom stereocenters. The zero-order valence-electron chi connectivity index (χ0n) is 13.2. The first-order chi connectivity index (χ1) is 10.2. The van der Waals surface area contributed by atoms with Crippen molar-refractivity contribution < 1.29 is 9.13 Å². The van der Waals surface area contributed by atoms with Gasteiger partial charge in [0.25, 0.3) is 0 Å². The molecule has 0 radical (unpaired) electrons. The molecule has 0 amide bonds. The molecule has 0 aliphatic heterocycles. The normalized spacial score (nSPS) is 14.4. The van der Waals surface area contributed by atoms with Gasteiger partial charge in [0.05, 0.1) is 6.61 Å². The lowest BCUT2D eigenvalue weighted by Crippen LogP contribution is -2.40. The Morgan fingerprint density at radius 2 is 2.23 bits per heavy atom. The Morgan fingerprint density at radius 3 is 2.86 bits per heavy atom. The van der Waals surface area contributed by atoms with E-state index in [0.717, 1.165) is 30.6 Å². The molecular formula is C16H25FIN3O. The quantitative estimate of drug-likeness (QED) is 0.319. The van der Waals surface area contributed by atoms with Gasteiger partial charge in [-0.25, -0.2) is 4.39 Å². The highest BCUT2D eigenvalue weighted by molar-refractivity contribution is 14.0. The first kappa shape index (κ1) is 19.2. The third-order valence-electron chi connectivity index (χ3n) is 3.53. The number of guanidine groups is 1. The number of nitrogens with one attached hydrogen (secondary N) is 1. The van der Waals surface area contributed by atoms with Crippen LogP contribution in [0.3, 0.4) is 0 Å². The van der Waals surface area contributed by atoms with Crippen molar-refractivity contribution in [3.8, 4) is 0 Å². The summed E-state index contributed by atoms with van der Waals surface area (Å²) >= 11 is 0. The summed E-state index contributed by atoms with van der Waals surface area (Å²) in [6.45, 7) is 2.92. The van der Waals surface area contributed by atoms with Crippen molar-refractivity contribution in [2.75, 3.05) is 33.9 Å². The zero-order chi connectivity index (χ0) is 15.1. The summed E-state index contributed by atoms with van der Waals surface area (Å²) in [7, 11) is 3.72. The molecule has 1 N–H and O–H groups in total. The summed E-state index contributed by atoms with van der Waals surface area (Å²) in [4.78, 5) is 6.25. The van der Waals surface area contributed by atoms with Gasteiger partial charge in [0.1, 0.15) is 5.82 Å². The molecule has 0 heterocycles. The molecule has 4 nitrogen and oxygen atoms in total. The van der Waals surface area contributed by atoms with E-state index < -0.39 is 0 Å². The second-order valence-electron chi connectivity index (χ2n) is 5.47. The number of hydrogen-bond donors (Lipinski definition) is 1. The predicted molar refractivity (Wildman–Crippen MR) is 98.2 cm³/mol. The van der Waals surface area contributed by atoms with Gasteiger partial charge in [0.2, 0.25) is 0 Å². The highest BCUT2D eigenvalue weighted by Crippen LogP contribution is 2.28. The molecule has 1 fully saturated rings. The summed E-state index contributed by atoms with van der Waals surface area (Å²) in [6.07, 6.45) is 2.62. The number of benzene rings is 1. The lowest BCUT2D eigenvalue weighted by Gasteiger charge is -2.22. The van der Waals surface area contributed by atoms with Crippen molar-refractivity contribution in [1.82, 2.24) is 10.2 Å². The maximum absolute atomic E-state index is 13.1. The Kier molecular flexibility index (Phi) is 8.70. The van der Waals surface area contributed by atoms with Gasteiger partial charge in [0.15, 0.2) is 5.96 Å². The fourth-order valence-corrected chi connectivity index (χ4v) is 2.05. The average Bonchev–Trinajstić information content (AvgIpc) is 3.28. The molecule has 22 heavy (non-hydrogen) atoms. The van der Waals surface area contributed by atoms with Gasteiger partial charge in [-0.2, -0.15) is 0 Å². The third-order valence-corrected chi connectivity index (χ3v) is 3.53. The summed E-state index contributed by atoms with van der Waals surface area (Å²) in [5.41, 5.74) is 0.898. The Hall–Kier alpha value is -0.890. The maximum atomic E-state index is 13.1. The van der Waals surface area contributed by atoms with Gasteiger partial charge >= 0.3 is 0 Å². The summed E-state index contributed by atoms with van der Waals surface area (Å²) in [5, 5.41) is 3.23. The molecule has 0 bridgehead atoms. The molecule has 1 aliphatic carbocycles. The molecular weight excluding hydrogens is 396 g/mol. The number of aliphatic imine (C=N–C) groups is 1. The van der Waals surface area contributed by atoms with Gasteiger partial charge in [0, 0.05) is 33.8 Å². The number of hydrogen-bond acceptors (Lipinski definition) is 2. The molecule has 2 rings (SSSR count). The standard InChI is InChI=1S/C16H24FN3O.HI/c1-18-16(19-11-14-4-3-5-15(17)10-14)20(2)8-9-21-12-13-6-7-13;/h3-5,10,13H,6-9,11-12H2,1-2H3,(H,18,19);1H. The van der Waals surface area contributed by atoms with Crippen molar-refractivity contribution in [1.29, 1.82) is 0 Å². The largest absolute Gasteiger partial charge is 0.379 e. The van der Waals surface area contributed by atoms with Crippen LogP contribution in [0.4, 0.5) is 4.39 Å². The molecule has 1 aromatic rings. The van der Waals surface area contributed by atoms with Crippen LogP contribution in [0.25, 0.3) is 0 Å². The van der Waals surface area contributed by atoms with E-state index in [1.807, 2.05) is 18.0 Å². The molecule has 6 heteroatoms. The fourth-order valence-electron chi connectivity index (χ4n) is 2.05. The highest BCUT2D eigenvalue weighted by Gasteiger charge is 2.21. The number of nitrogens with zero attached hydrogens (tertiary/aromatic N) is 2. The van der Waals surface area contributed by atoms with Crippen LogP contribution in [-0.4, -0.2) is 44.7 Å². The van der Waals surface area contributed by atoms with Gasteiger partial charge in [-0.3, -0.25) is 4.99 Å². The molecule has 1 saturated carbocycles. The minimum Gasteiger partial charge on any atom is -0.379 e. The Balaban J connectivity index is 0.00000242. The van der Waals surface area contributed by atoms with E-state index in [2.05, 4.69) is 10.3 Å². The van der Waals surface area contributed by atoms with Crippen molar-refractivity contribution in [2.45, 2.75) is 19.4 Å². The van der Waals surface area contributed by atoms with Gasteiger partial charge in [-0.1, -0.05) is 12.1 Å². The SMILES string of the molecule is CN=C(NCc1cccc(F)c1)N(C)CCOCC1CC1.I. The van der Waals surface area contributed by atoms with E-state index in [9.17, 15) is 4.39 Å².